The molecule has 1 saturated carbocycles. The van der Waals surface area contributed by atoms with Gasteiger partial charge in [0.15, 0.2) is 0 Å². The summed E-state index contributed by atoms with van der Waals surface area (Å²) in [5, 5.41) is 19.1. The summed E-state index contributed by atoms with van der Waals surface area (Å²) in [4.78, 5) is 15.0. The molecule has 0 unspecified atom stereocenters. The average Bonchev–Trinajstić information content (AvgIpc) is 3.41. The largest absolute Gasteiger partial charge is 0.495 e. The lowest BCUT2D eigenvalue weighted by molar-refractivity contribution is 0.249. The summed E-state index contributed by atoms with van der Waals surface area (Å²) in [6.07, 6.45) is 4.48. The number of nitriles is 1. The minimum atomic E-state index is 0.0398. The Hall–Kier alpha value is -3.09. The van der Waals surface area contributed by atoms with Crippen LogP contribution in [0.3, 0.4) is 0 Å². The summed E-state index contributed by atoms with van der Waals surface area (Å²) in [7, 11) is 6.03. The zero-order valence-corrected chi connectivity index (χ0v) is 21.0. The van der Waals surface area contributed by atoms with Gasteiger partial charge >= 0.3 is 0 Å². The summed E-state index contributed by atoms with van der Waals surface area (Å²) in [6, 6.07) is 9.07. The van der Waals surface area contributed by atoms with Crippen LogP contribution in [0.4, 0.5) is 23.1 Å². The minimum Gasteiger partial charge on any atom is -0.495 e. The fourth-order valence-corrected chi connectivity index (χ4v) is 5.40. The first-order chi connectivity index (χ1) is 16.4. The lowest BCUT2D eigenvalue weighted by Gasteiger charge is -2.37. The summed E-state index contributed by atoms with van der Waals surface area (Å²) in [5.74, 6) is 2.06. The van der Waals surface area contributed by atoms with Gasteiger partial charge in [0.05, 0.1) is 23.7 Å². The van der Waals surface area contributed by atoms with E-state index in [1.54, 1.807) is 7.11 Å². The number of hydrogen-bond donors (Lipinski definition) is 2. The lowest BCUT2D eigenvalue weighted by atomic mass is 10.0. The van der Waals surface area contributed by atoms with Crippen LogP contribution in [0.25, 0.3) is 10.2 Å². The molecule has 0 radical (unpaired) electrons. The molecule has 8 nitrogen and oxygen atoms in total. The predicted octanol–water partition coefficient (Wildman–Crippen LogP) is 4.81. The van der Waals surface area contributed by atoms with E-state index in [9.17, 15) is 5.26 Å². The van der Waals surface area contributed by atoms with Crippen molar-refractivity contribution in [1.82, 2.24) is 14.9 Å². The van der Waals surface area contributed by atoms with Crippen LogP contribution in [0.15, 0.2) is 23.6 Å². The SMILES string of the molecule is COc1cc(Nc2nc(NC3(C)CC3)c3c(C#N)csc3n2)ccc1N1CCC(N(C)C)CC1. The van der Waals surface area contributed by atoms with E-state index in [0.717, 1.165) is 71.9 Å². The van der Waals surface area contributed by atoms with Crippen molar-refractivity contribution in [3.8, 4) is 11.8 Å². The van der Waals surface area contributed by atoms with Gasteiger partial charge < -0.3 is 25.2 Å². The second kappa shape index (κ2) is 8.93. The highest BCUT2D eigenvalue weighted by molar-refractivity contribution is 7.17. The van der Waals surface area contributed by atoms with E-state index in [1.165, 1.54) is 11.3 Å². The van der Waals surface area contributed by atoms with E-state index in [0.29, 0.717) is 17.6 Å². The molecule has 2 aliphatic rings. The number of benzene rings is 1. The average molecular weight is 478 g/mol. The van der Waals surface area contributed by atoms with E-state index in [-0.39, 0.29) is 5.54 Å². The molecule has 1 aromatic carbocycles. The predicted molar refractivity (Wildman–Crippen MR) is 139 cm³/mol. The monoisotopic (exact) mass is 477 g/mol. The third-order valence-corrected chi connectivity index (χ3v) is 7.82. The number of piperidine rings is 1. The van der Waals surface area contributed by atoms with Gasteiger partial charge in [-0.2, -0.15) is 10.2 Å². The van der Waals surface area contributed by atoms with Crippen molar-refractivity contribution in [3.05, 3.63) is 29.1 Å². The van der Waals surface area contributed by atoms with Crippen LogP contribution in [0.5, 0.6) is 5.75 Å². The second-order valence-corrected chi connectivity index (χ2v) is 10.6. The first-order valence-electron chi connectivity index (χ1n) is 11.7. The molecule has 1 aliphatic carbocycles. The van der Waals surface area contributed by atoms with Crippen molar-refractivity contribution in [2.75, 3.05) is 49.8 Å². The first-order valence-corrected chi connectivity index (χ1v) is 12.6. The number of hydrogen-bond acceptors (Lipinski definition) is 9. The molecule has 0 amide bonds. The molecular weight excluding hydrogens is 446 g/mol. The van der Waals surface area contributed by atoms with Crippen LogP contribution < -0.4 is 20.3 Å². The molecule has 0 bridgehead atoms. The standard InChI is InChI=1S/C25H31N7OS/c1-25(9-10-25)30-22-21-16(14-26)15-34-23(21)29-24(28-22)27-17-5-6-19(20(13-17)33-4)32-11-7-18(8-12-32)31(2)3/h5-6,13,15,18H,7-12H2,1-4H3,(H2,27,28,29,30). The third kappa shape index (κ3) is 4.48. The molecule has 9 heteroatoms. The zero-order chi connectivity index (χ0) is 23.9. The molecule has 1 saturated heterocycles. The Morgan fingerprint density at radius 2 is 2.00 bits per heavy atom. The molecule has 2 aromatic heterocycles. The molecule has 2 fully saturated rings. The molecular formula is C25H31N7OS. The quantitative estimate of drug-likeness (QED) is 0.501. The molecule has 3 heterocycles. The maximum atomic E-state index is 9.54. The van der Waals surface area contributed by atoms with Crippen molar-refractivity contribution >= 4 is 44.7 Å². The van der Waals surface area contributed by atoms with Gasteiger partial charge in [-0.05, 0) is 58.8 Å². The Morgan fingerprint density at radius 3 is 2.65 bits per heavy atom. The Kier molecular flexibility index (Phi) is 5.96. The number of nitrogens with one attached hydrogen (secondary N) is 2. The molecule has 3 aromatic rings. The number of methoxy groups -OCH3 is 1. The van der Waals surface area contributed by atoms with E-state index < -0.39 is 0 Å². The van der Waals surface area contributed by atoms with Gasteiger partial charge in [-0.25, -0.2) is 4.98 Å². The topological polar surface area (TPSA) is 89.3 Å². The number of thiophene rings is 1. The van der Waals surface area contributed by atoms with Gasteiger partial charge in [0, 0.05) is 41.8 Å². The third-order valence-electron chi connectivity index (χ3n) is 6.95. The van der Waals surface area contributed by atoms with Crippen molar-refractivity contribution in [1.29, 1.82) is 5.26 Å². The number of anilines is 4. The molecule has 2 N–H and O–H groups in total. The summed E-state index contributed by atoms with van der Waals surface area (Å²) in [5.41, 5.74) is 2.63. The summed E-state index contributed by atoms with van der Waals surface area (Å²) in [6.45, 7) is 4.20. The Balaban J connectivity index is 1.40. The molecule has 178 valence electrons. The summed E-state index contributed by atoms with van der Waals surface area (Å²) < 4.78 is 5.76. The molecule has 1 aliphatic heterocycles. The van der Waals surface area contributed by atoms with Crippen LogP contribution in [0.1, 0.15) is 38.2 Å². The number of rotatable bonds is 7. The van der Waals surface area contributed by atoms with Crippen LogP contribution >= 0.6 is 11.3 Å². The number of ether oxygens (including phenoxy) is 1. The summed E-state index contributed by atoms with van der Waals surface area (Å²) >= 11 is 1.47. The van der Waals surface area contributed by atoms with Gasteiger partial charge in [0.2, 0.25) is 5.95 Å². The van der Waals surface area contributed by atoms with E-state index in [2.05, 4.69) is 53.6 Å². The highest BCUT2D eigenvalue weighted by atomic mass is 32.1. The molecule has 0 atom stereocenters. The van der Waals surface area contributed by atoms with Gasteiger partial charge in [-0.15, -0.1) is 11.3 Å². The molecule has 34 heavy (non-hydrogen) atoms. The number of fused-ring (bicyclic) bond motifs is 1. The van der Waals surface area contributed by atoms with E-state index in [4.69, 9.17) is 14.7 Å². The van der Waals surface area contributed by atoms with Crippen LogP contribution in [-0.2, 0) is 0 Å². The highest BCUT2D eigenvalue weighted by Crippen LogP contribution is 2.41. The minimum absolute atomic E-state index is 0.0398. The highest BCUT2D eigenvalue weighted by Gasteiger charge is 2.38. The van der Waals surface area contributed by atoms with Crippen LogP contribution in [-0.4, -0.2) is 60.7 Å². The van der Waals surface area contributed by atoms with Crippen molar-refractivity contribution in [2.24, 2.45) is 0 Å². The fraction of sp³-hybridized carbons (Fsp3) is 0.480. The van der Waals surface area contributed by atoms with Crippen molar-refractivity contribution in [2.45, 2.75) is 44.2 Å². The molecule has 5 rings (SSSR count). The lowest BCUT2D eigenvalue weighted by Crippen LogP contribution is -2.42. The van der Waals surface area contributed by atoms with Crippen molar-refractivity contribution in [3.63, 3.8) is 0 Å². The van der Waals surface area contributed by atoms with Crippen molar-refractivity contribution < 1.29 is 4.74 Å². The Bertz CT molecular complexity index is 1240. The second-order valence-electron chi connectivity index (χ2n) is 9.72. The number of nitrogens with zero attached hydrogens (tertiary/aromatic N) is 5. The van der Waals surface area contributed by atoms with Crippen LogP contribution in [0, 0.1) is 11.3 Å². The van der Waals surface area contributed by atoms with E-state index >= 15 is 0 Å². The van der Waals surface area contributed by atoms with Gasteiger partial charge in [-0.3, -0.25) is 0 Å². The van der Waals surface area contributed by atoms with Gasteiger partial charge in [-0.1, -0.05) is 0 Å². The maximum absolute atomic E-state index is 9.54. The van der Waals surface area contributed by atoms with Gasteiger partial charge in [0.1, 0.15) is 22.5 Å². The van der Waals surface area contributed by atoms with Gasteiger partial charge in [0.25, 0.3) is 0 Å². The first kappa shape index (κ1) is 22.7. The smallest absolute Gasteiger partial charge is 0.230 e. The normalized spacial score (nSPS) is 17.6. The molecule has 0 spiro atoms. The Morgan fingerprint density at radius 1 is 1.24 bits per heavy atom. The zero-order valence-electron chi connectivity index (χ0n) is 20.2. The maximum Gasteiger partial charge on any atom is 0.230 e. The van der Waals surface area contributed by atoms with E-state index in [1.807, 2.05) is 17.5 Å². The van der Waals surface area contributed by atoms with Crippen LogP contribution in [0.2, 0.25) is 0 Å². The Labute approximate surface area is 204 Å². The number of aromatic nitrogens is 2. The fourth-order valence-electron chi connectivity index (χ4n) is 4.54.